The first-order valence-corrected chi connectivity index (χ1v) is 8.39. The summed E-state index contributed by atoms with van der Waals surface area (Å²) in [6.45, 7) is 0.368. The molecule has 7 heteroatoms. The number of sulfonamides is 1. The minimum Gasteiger partial charge on any atom is -0.495 e. The van der Waals surface area contributed by atoms with Crippen LogP contribution in [0.25, 0.3) is 0 Å². The highest BCUT2D eigenvalue weighted by Crippen LogP contribution is 2.29. The van der Waals surface area contributed by atoms with E-state index in [0.29, 0.717) is 18.0 Å². The lowest BCUT2D eigenvalue weighted by Gasteiger charge is -2.12. The highest BCUT2D eigenvalue weighted by Gasteiger charge is 2.16. The highest BCUT2D eigenvalue weighted by atomic mass is 79.9. The van der Waals surface area contributed by atoms with Crippen LogP contribution >= 0.6 is 15.9 Å². The van der Waals surface area contributed by atoms with E-state index in [9.17, 15) is 8.42 Å². The van der Waals surface area contributed by atoms with Crippen molar-refractivity contribution in [2.24, 2.45) is 5.73 Å². The molecule has 0 heterocycles. The molecule has 0 saturated carbocycles. The van der Waals surface area contributed by atoms with Crippen molar-refractivity contribution in [1.29, 1.82) is 0 Å². The smallest absolute Gasteiger partial charge is 0.262 e. The maximum absolute atomic E-state index is 12.4. The third-order valence-electron chi connectivity index (χ3n) is 2.88. The van der Waals surface area contributed by atoms with Gasteiger partial charge in [-0.3, -0.25) is 4.72 Å². The summed E-state index contributed by atoms with van der Waals surface area (Å²) in [7, 11) is -2.20. The van der Waals surface area contributed by atoms with Gasteiger partial charge in [-0.05, 0) is 35.9 Å². The summed E-state index contributed by atoms with van der Waals surface area (Å²) >= 11 is 3.30. The molecule has 2 aromatic rings. The Hall–Kier alpha value is -1.57. The van der Waals surface area contributed by atoms with Crippen molar-refractivity contribution in [3.8, 4) is 5.75 Å². The molecule has 112 valence electrons. The van der Waals surface area contributed by atoms with Crippen LogP contribution in [0.5, 0.6) is 5.75 Å². The molecule has 0 saturated heterocycles. The Kier molecular flexibility index (Phi) is 4.87. The molecule has 0 aliphatic carbocycles. The zero-order valence-electron chi connectivity index (χ0n) is 11.3. The molecular formula is C14H15BrN2O3S. The molecule has 0 bridgehead atoms. The lowest BCUT2D eigenvalue weighted by Crippen LogP contribution is -2.13. The second kappa shape index (κ2) is 6.46. The molecule has 2 rings (SSSR count). The number of methoxy groups -OCH3 is 1. The number of nitrogens with one attached hydrogen (secondary N) is 1. The summed E-state index contributed by atoms with van der Waals surface area (Å²) < 4.78 is 33.2. The highest BCUT2D eigenvalue weighted by molar-refractivity contribution is 9.10. The van der Waals surface area contributed by atoms with Gasteiger partial charge in [-0.25, -0.2) is 8.42 Å². The minimum absolute atomic E-state index is 0.168. The summed E-state index contributed by atoms with van der Waals surface area (Å²) in [5.41, 5.74) is 6.74. The summed E-state index contributed by atoms with van der Waals surface area (Å²) in [5.74, 6) is 0.445. The molecule has 0 atom stereocenters. The third-order valence-corrected chi connectivity index (χ3v) is 4.75. The van der Waals surface area contributed by atoms with Gasteiger partial charge in [0.2, 0.25) is 0 Å². The zero-order chi connectivity index (χ0) is 15.5. The SMILES string of the molecule is COc1ccc(Br)cc1NS(=O)(=O)c1ccc(CN)cc1. The number of anilines is 1. The Morgan fingerprint density at radius 2 is 1.86 bits per heavy atom. The maximum Gasteiger partial charge on any atom is 0.262 e. The molecular weight excluding hydrogens is 356 g/mol. The van der Waals surface area contributed by atoms with Crippen molar-refractivity contribution < 1.29 is 13.2 Å². The van der Waals surface area contributed by atoms with Crippen LogP contribution in [0.2, 0.25) is 0 Å². The van der Waals surface area contributed by atoms with Crippen LogP contribution in [-0.4, -0.2) is 15.5 Å². The number of hydrogen-bond acceptors (Lipinski definition) is 4. The molecule has 0 fully saturated rings. The van der Waals surface area contributed by atoms with E-state index in [0.717, 1.165) is 10.0 Å². The first-order chi connectivity index (χ1) is 9.96. The fourth-order valence-corrected chi connectivity index (χ4v) is 3.19. The average molecular weight is 371 g/mol. The fourth-order valence-electron chi connectivity index (χ4n) is 1.77. The number of ether oxygens (including phenoxy) is 1. The lowest BCUT2D eigenvalue weighted by atomic mass is 10.2. The Bertz CT molecular complexity index is 730. The Morgan fingerprint density at radius 1 is 1.19 bits per heavy atom. The van der Waals surface area contributed by atoms with Gasteiger partial charge in [0, 0.05) is 11.0 Å². The van der Waals surface area contributed by atoms with Crippen molar-refractivity contribution in [1.82, 2.24) is 0 Å². The fraction of sp³-hybridized carbons (Fsp3) is 0.143. The molecule has 21 heavy (non-hydrogen) atoms. The molecule has 0 amide bonds. The van der Waals surface area contributed by atoms with Crippen LogP contribution in [0, 0.1) is 0 Å². The van der Waals surface area contributed by atoms with E-state index in [1.807, 2.05) is 0 Å². The van der Waals surface area contributed by atoms with Gasteiger partial charge in [-0.15, -0.1) is 0 Å². The van der Waals surface area contributed by atoms with Gasteiger partial charge in [0.15, 0.2) is 0 Å². The first-order valence-electron chi connectivity index (χ1n) is 6.11. The molecule has 2 aromatic carbocycles. The van der Waals surface area contributed by atoms with E-state index in [1.54, 1.807) is 30.3 Å². The third kappa shape index (κ3) is 3.75. The average Bonchev–Trinajstić information content (AvgIpc) is 2.47. The Balaban J connectivity index is 2.34. The normalized spacial score (nSPS) is 11.2. The van der Waals surface area contributed by atoms with Crippen molar-refractivity contribution in [3.63, 3.8) is 0 Å². The largest absolute Gasteiger partial charge is 0.495 e. The summed E-state index contributed by atoms with van der Waals surface area (Å²) in [6.07, 6.45) is 0. The molecule has 3 N–H and O–H groups in total. The summed E-state index contributed by atoms with van der Waals surface area (Å²) in [4.78, 5) is 0.168. The van der Waals surface area contributed by atoms with Gasteiger partial charge in [-0.2, -0.15) is 0 Å². The van der Waals surface area contributed by atoms with Crippen LogP contribution in [0.1, 0.15) is 5.56 Å². The number of benzene rings is 2. The monoisotopic (exact) mass is 370 g/mol. The van der Waals surface area contributed by atoms with Gasteiger partial charge in [-0.1, -0.05) is 28.1 Å². The second-order valence-corrected chi connectivity index (χ2v) is 6.90. The Labute approximate surface area is 132 Å². The van der Waals surface area contributed by atoms with Crippen molar-refractivity contribution in [3.05, 3.63) is 52.5 Å². The van der Waals surface area contributed by atoms with Gasteiger partial charge in [0.1, 0.15) is 5.75 Å². The quantitative estimate of drug-likeness (QED) is 0.847. The van der Waals surface area contributed by atoms with Crippen LogP contribution in [0.4, 0.5) is 5.69 Å². The van der Waals surface area contributed by atoms with E-state index < -0.39 is 10.0 Å². The number of rotatable bonds is 5. The predicted octanol–water partition coefficient (Wildman–Crippen LogP) is 2.72. The van der Waals surface area contributed by atoms with E-state index in [4.69, 9.17) is 10.5 Å². The summed E-state index contributed by atoms with van der Waals surface area (Å²) in [5, 5.41) is 0. The molecule has 0 aliphatic rings. The molecule has 5 nitrogen and oxygen atoms in total. The zero-order valence-corrected chi connectivity index (χ0v) is 13.7. The van der Waals surface area contributed by atoms with E-state index >= 15 is 0 Å². The predicted molar refractivity (Wildman–Crippen MR) is 85.8 cm³/mol. The number of nitrogens with two attached hydrogens (primary N) is 1. The minimum atomic E-state index is -3.68. The topological polar surface area (TPSA) is 81.4 Å². The van der Waals surface area contributed by atoms with Crippen LogP contribution in [0.3, 0.4) is 0 Å². The lowest BCUT2D eigenvalue weighted by molar-refractivity contribution is 0.417. The van der Waals surface area contributed by atoms with E-state index in [2.05, 4.69) is 20.7 Å². The van der Waals surface area contributed by atoms with Crippen LogP contribution < -0.4 is 15.2 Å². The van der Waals surface area contributed by atoms with Gasteiger partial charge >= 0.3 is 0 Å². The molecule has 0 aliphatic heterocycles. The van der Waals surface area contributed by atoms with Gasteiger partial charge in [0.05, 0.1) is 17.7 Å². The maximum atomic E-state index is 12.4. The molecule has 0 radical (unpaired) electrons. The van der Waals surface area contributed by atoms with Crippen molar-refractivity contribution in [2.45, 2.75) is 11.4 Å². The Morgan fingerprint density at radius 3 is 2.43 bits per heavy atom. The number of hydrogen-bond donors (Lipinski definition) is 2. The van der Waals surface area contributed by atoms with Crippen molar-refractivity contribution in [2.75, 3.05) is 11.8 Å². The van der Waals surface area contributed by atoms with E-state index in [-0.39, 0.29) is 4.90 Å². The molecule has 0 spiro atoms. The van der Waals surface area contributed by atoms with Crippen LogP contribution in [-0.2, 0) is 16.6 Å². The van der Waals surface area contributed by atoms with Gasteiger partial charge in [0.25, 0.3) is 10.0 Å². The van der Waals surface area contributed by atoms with Crippen LogP contribution in [0.15, 0.2) is 51.8 Å². The standard InChI is InChI=1S/C14H15BrN2O3S/c1-20-14-7-4-11(15)8-13(14)17-21(18,19)12-5-2-10(9-16)3-6-12/h2-8,17H,9,16H2,1H3. The summed E-state index contributed by atoms with van der Waals surface area (Å²) in [6, 6.07) is 11.5. The second-order valence-electron chi connectivity index (χ2n) is 4.30. The number of halogens is 1. The first kappa shape index (κ1) is 15.8. The van der Waals surface area contributed by atoms with E-state index in [1.165, 1.54) is 19.2 Å². The van der Waals surface area contributed by atoms with Gasteiger partial charge < -0.3 is 10.5 Å². The molecule has 0 unspecified atom stereocenters. The van der Waals surface area contributed by atoms with Crippen molar-refractivity contribution >= 4 is 31.6 Å². The molecule has 0 aromatic heterocycles.